The molecule has 0 radical (unpaired) electrons. The number of fused-ring (bicyclic) bond motifs is 1. The van der Waals surface area contributed by atoms with Gasteiger partial charge in [-0.05, 0) is 37.9 Å². The van der Waals surface area contributed by atoms with Gasteiger partial charge >= 0.3 is 0 Å². The summed E-state index contributed by atoms with van der Waals surface area (Å²) in [7, 11) is 0. The Morgan fingerprint density at radius 3 is 2.74 bits per heavy atom. The lowest BCUT2D eigenvalue weighted by molar-refractivity contribution is -0.125. The monoisotopic (exact) mass is 371 g/mol. The van der Waals surface area contributed by atoms with E-state index >= 15 is 0 Å². The molecule has 2 fully saturated rings. The van der Waals surface area contributed by atoms with Crippen LogP contribution in [0.1, 0.15) is 19.3 Å². The number of nitrogens with zero attached hydrogens (tertiary/aromatic N) is 3. The van der Waals surface area contributed by atoms with E-state index in [2.05, 4.69) is 25.4 Å². The lowest BCUT2D eigenvalue weighted by atomic mass is 9.96. The summed E-state index contributed by atoms with van der Waals surface area (Å²) in [5, 5.41) is 6.49. The molecule has 3 heterocycles. The van der Waals surface area contributed by atoms with Crippen molar-refractivity contribution in [2.45, 2.75) is 19.3 Å². The molecule has 7 heteroatoms. The van der Waals surface area contributed by atoms with E-state index in [1.807, 2.05) is 24.3 Å². The molecule has 0 atom stereocenters. The van der Waals surface area contributed by atoms with Crippen molar-refractivity contribution in [2.75, 3.05) is 57.3 Å². The minimum Gasteiger partial charge on any atom is -0.423 e. The van der Waals surface area contributed by atoms with E-state index in [1.165, 1.54) is 0 Å². The topological polar surface area (TPSA) is 73.6 Å². The van der Waals surface area contributed by atoms with Gasteiger partial charge < -0.3 is 24.9 Å². The number of piperidine rings is 1. The number of carbonyl (C=O) groups is 1. The van der Waals surface area contributed by atoms with Gasteiger partial charge in [0.2, 0.25) is 5.91 Å². The molecular formula is C20H29N5O2. The van der Waals surface area contributed by atoms with Crippen LogP contribution in [-0.4, -0.2) is 68.1 Å². The zero-order valence-electron chi connectivity index (χ0n) is 15.8. The van der Waals surface area contributed by atoms with E-state index in [9.17, 15) is 4.79 Å². The highest BCUT2D eigenvalue weighted by Crippen LogP contribution is 2.26. The van der Waals surface area contributed by atoms with E-state index in [1.54, 1.807) is 0 Å². The van der Waals surface area contributed by atoms with Gasteiger partial charge in [-0.15, -0.1) is 0 Å². The molecule has 0 unspecified atom stereocenters. The van der Waals surface area contributed by atoms with Crippen molar-refractivity contribution < 1.29 is 9.21 Å². The number of rotatable bonds is 6. The number of hydrogen-bond acceptors (Lipinski definition) is 6. The molecule has 0 spiro atoms. The minimum atomic E-state index is 0.102. The Balaban J connectivity index is 1.18. The molecule has 2 N–H and O–H groups in total. The Hall–Kier alpha value is -2.12. The third-order valence-electron chi connectivity index (χ3n) is 5.58. The molecule has 0 bridgehead atoms. The second-order valence-corrected chi connectivity index (χ2v) is 7.46. The molecular weight excluding hydrogens is 342 g/mol. The highest BCUT2D eigenvalue weighted by molar-refractivity contribution is 5.79. The van der Waals surface area contributed by atoms with Crippen molar-refractivity contribution in [3.63, 3.8) is 0 Å². The minimum absolute atomic E-state index is 0.102. The fourth-order valence-corrected chi connectivity index (χ4v) is 3.92. The Kier molecular flexibility index (Phi) is 5.89. The standard InChI is InChI=1S/C20H29N5O2/c26-19(22-8-3-11-24-14-9-21-10-15-24)16-6-12-25(13-7-16)20-23-17-4-1-2-5-18(17)27-20/h1-2,4-5,16,21H,3,6-15H2,(H,22,26). The molecule has 1 aromatic carbocycles. The summed E-state index contributed by atoms with van der Waals surface area (Å²) in [6.45, 7) is 7.84. The van der Waals surface area contributed by atoms with Crippen molar-refractivity contribution in [2.24, 2.45) is 5.92 Å². The molecule has 0 saturated carbocycles. The van der Waals surface area contributed by atoms with Crippen molar-refractivity contribution in [3.8, 4) is 0 Å². The van der Waals surface area contributed by atoms with Crippen LogP contribution < -0.4 is 15.5 Å². The van der Waals surface area contributed by atoms with Gasteiger partial charge in [0.05, 0.1) is 0 Å². The molecule has 27 heavy (non-hydrogen) atoms. The largest absolute Gasteiger partial charge is 0.423 e. The van der Waals surface area contributed by atoms with Crippen LogP contribution in [0.5, 0.6) is 0 Å². The normalized spacial score (nSPS) is 19.5. The van der Waals surface area contributed by atoms with Crippen LogP contribution in [0.15, 0.2) is 28.7 Å². The van der Waals surface area contributed by atoms with Gasteiger partial charge in [-0.25, -0.2) is 0 Å². The maximum absolute atomic E-state index is 12.4. The quantitative estimate of drug-likeness (QED) is 0.749. The average Bonchev–Trinajstić information content (AvgIpc) is 3.16. The van der Waals surface area contributed by atoms with Crippen LogP contribution >= 0.6 is 0 Å². The van der Waals surface area contributed by atoms with Crippen molar-refractivity contribution in [1.82, 2.24) is 20.5 Å². The lowest BCUT2D eigenvalue weighted by Crippen LogP contribution is -2.44. The second-order valence-electron chi connectivity index (χ2n) is 7.46. The smallest absolute Gasteiger partial charge is 0.298 e. The summed E-state index contributed by atoms with van der Waals surface area (Å²) in [5.41, 5.74) is 1.70. The van der Waals surface area contributed by atoms with Crippen LogP contribution in [0.4, 0.5) is 6.01 Å². The Labute approximate surface area is 160 Å². The predicted octanol–water partition coefficient (Wildman–Crippen LogP) is 1.46. The summed E-state index contributed by atoms with van der Waals surface area (Å²) >= 11 is 0. The number of aromatic nitrogens is 1. The van der Waals surface area contributed by atoms with Crippen molar-refractivity contribution in [1.29, 1.82) is 0 Å². The van der Waals surface area contributed by atoms with Crippen LogP contribution in [0, 0.1) is 5.92 Å². The summed E-state index contributed by atoms with van der Waals surface area (Å²) in [6, 6.07) is 8.49. The van der Waals surface area contributed by atoms with Gasteiger partial charge in [0.1, 0.15) is 5.52 Å². The van der Waals surface area contributed by atoms with Crippen molar-refractivity contribution in [3.05, 3.63) is 24.3 Å². The maximum Gasteiger partial charge on any atom is 0.298 e. The Morgan fingerprint density at radius 1 is 1.19 bits per heavy atom. The highest BCUT2D eigenvalue weighted by Gasteiger charge is 2.27. The first kappa shape index (κ1) is 18.3. The van der Waals surface area contributed by atoms with E-state index in [-0.39, 0.29) is 11.8 Å². The lowest BCUT2D eigenvalue weighted by Gasteiger charge is -2.30. The molecule has 1 amide bonds. The van der Waals surface area contributed by atoms with Gasteiger partial charge in [-0.3, -0.25) is 4.79 Å². The van der Waals surface area contributed by atoms with E-state index in [0.717, 1.165) is 82.7 Å². The van der Waals surface area contributed by atoms with Gasteiger partial charge in [-0.2, -0.15) is 4.98 Å². The number of anilines is 1. The molecule has 2 saturated heterocycles. The van der Waals surface area contributed by atoms with Gasteiger partial charge in [0.15, 0.2) is 5.58 Å². The number of carbonyl (C=O) groups excluding carboxylic acids is 1. The van der Waals surface area contributed by atoms with E-state index in [0.29, 0.717) is 6.01 Å². The first-order valence-corrected chi connectivity index (χ1v) is 10.1. The number of hydrogen-bond donors (Lipinski definition) is 2. The fraction of sp³-hybridized carbons (Fsp3) is 0.600. The number of nitrogens with one attached hydrogen (secondary N) is 2. The molecule has 1 aromatic heterocycles. The first-order valence-electron chi connectivity index (χ1n) is 10.1. The zero-order valence-corrected chi connectivity index (χ0v) is 15.8. The molecule has 0 aliphatic carbocycles. The molecule has 2 aliphatic rings. The summed E-state index contributed by atoms with van der Waals surface area (Å²) in [6.07, 6.45) is 2.72. The second kappa shape index (κ2) is 8.71. The van der Waals surface area contributed by atoms with Crippen LogP contribution in [0.25, 0.3) is 11.1 Å². The van der Waals surface area contributed by atoms with E-state index < -0.39 is 0 Å². The highest BCUT2D eigenvalue weighted by atomic mass is 16.4. The van der Waals surface area contributed by atoms with Gasteiger partial charge in [0.25, 0.3) is 6.01 Å². The molecule has 2 aliphatic heterocycles. The number of oxazole rings is 1. The third kappa shape index (κ3) is 4.59. The zero-order chi connectivity index (χ0) is 18.5. The molecule has 2 aromatic rings. The average molecular weight is 371 g/mol. The van der Waals surface area contributed by atoms with Crippen molar-refractivity contribution >= 4 is 23.0 Å². The Morgan fingerprint density at radius 2 is 1.96 bits per heavy atom. The number of benzene rings is 1. The number of amides is 1. The third-order valence-corrected chi connectivity index (χ3v) is 5.58. The summed E-state index contributed by atoms with van der Waals surface area (Å²) in [5.74, 6) is 0.303. The van der Waals surface area contributed by atoms with Crippen LogP contribution in [0.2, 0.25) is 0 Å². The maximum atomic E-state index is 12.4. The first-order chi connectivity index (χ1) is 13.3. The SMILES string of the molecule is O=C(NCCCN1CCNCC1)C1CCN(c2nc3ccccc3o2)CC1. The van der Waals surface area contributed by atoms with Gasteiger partial charge in [0, 0.05) is 51.7 Å². The van der Waals surface area contributed by atoms with Crippen LogP contribution in [0.3, 0.4) is 0 Å². The van der Waals surface area contributed by atoms with Crippen LogP contribution in [-0.2, 0) is 4.79 Å². The summed E-state index contributed by atoms with van der Waals surface area (Å²) in [4.78, 5) is 21.6. The number of piperazine rings is 1. The molecule has 7 nitrogen and oxygen atoms in total. The number of para-hydroxylation sites is 2. The molecule has 4 rings (SSSR count). The fourth-order valence-electron chi connectivity index (χ4n) is 3.92. The summed E-state index contributed by atoms with van der Waals surface area (Å²) < 4.78 is 5.85. The Bertz CT molecular complexity index is 715. The van der Waals surface area contributed by atoms with Gasteiger partial charge in [-0.1, -0.05) is 12.1 Å². The predicted molar refractivity (Wildman–Crippen MR) is 106 cm³/mol. The molecule has 146 valence electrons. The van der Waals surface area contributed by atoms with E-state index in [4.69, 9.17) is 4.42 Å².